The van der Waals surface area contributed by atoms with Crippen LogP contribution in [0.2, 0.25) is 0 Å². The minimum absolute atomic E-state index is 0.519. The Kier molecular flexibility index (Phi) is 3.79. The van der Waals surface area contributed by atoms with Gasteiger partial charge in [0.05, 0.1) is 18.7 Å². The second-order valence-corrected chi connectivity index (χ2v) is 3.89. The van der Waals surface area contributed by atoms with Crippen LogP contribution in [0.15, 0.2) is 48.5 Å². The third kappa shape index (κ3) is 3.11. The Morgan fingerprint density at radius 2 is 1.74 bits per heavy atom. The average Bonchev–Trinajstić information content (AvgIpc) is 2.48. The molecule has 94 valence electrons. The first-order valence-electron chi connectivity index (χ1n) is 5.68. The lowest BCUT2D eigenvalue weighted by atomic mass is 10.2. The molecule has 0 spiro atoms. The Morgan fingerprint density at radius 1 is 1.11 bits per heavy atom. The van der Waals surface area contributed by atoms with E-state index in [9.17, 15) is 5.21 Å². The lowest BCUT2D eigenvalue weighted by Crippen LogP contribution is -1.98. The van der Waals surface area contributed by atoms with Crippen LogP contribution in [0.1, 0.15) is 11.1 Å². The average molecular weight is 252 g/mol. The number of nitriles is 1. The number of hydrogen-bond donors (Lipinski definition) is 0. The highest BCUT2D eigenvalue weighted by molar-refractivity contribution is 5.76. The standard InChI is InChI=1S/C15H12N2O2/c1-19-15-8-6-14(7-9-15)17(18)11-13-4-2-12(10-16)3-5-13/h2-9,11H,1H3/b17-11-. The van der Waals surface area contributed by atoms with Crippen LogP contribution < -0.4 is 4.74 Å². The van der Waals surface area contributed by atoms with Crippen LogP contribution in [0.3, 0.4) is 0 Å². The summed E-state index contributed by atoms with van der Waals surface area (Å²) < 4.78 is 5.81. The van der Waals surface area contributed by atoms with E-state index in [0.717, 1.165) is 10.3 Å². The van der Waals surface area contributed by atoms with Crippen molar-refractivity contribution in [2.24, 2.45) is 0 Å². The first-order valence-corrected chi connectivity index (χ1v) is 5.68. The predicted octanol–water partition coefficient (Wildman–Crippen LogP) is 2.83. The number of methoxy groups -OCH3 is 1. The molecule has 0 N–H and O–H groups in total. The van der Waals surface area contributed by atoms with Gasteiger partial charge >= 0.3 is 0 Å². The van der Waals surface area contributed by atoms with Crippen LogP contribution in [0.25, 0.3) is 0 Å². The lowest BCUT2D eigenvalue weighted by Gasteiger charge is -2.04. The maximum atomic E-state index is 11.9. The molecule has 0 atom stereocenters. The fraction of sp³-hybridized carbons (Fsp3) is 0.0667. The Bertz CT molecular complexity index is 623. The zero-order valence-corrected chi connectivity index (χ0v) is 10.4. The second kappa shape index (κ2) is 5.69. The molecular formula is C15H12N2O2. The third-order valence-corrected chi connectivity index (χ3v) is 2.63. The number of ether oxygens (including phenoxy) is 1. The van der Waals surface area contributed by atoms with Gasteiger partial charge in [-0.2, -0.15) is 10.0 Å². The van der Waals surface area contributed by atoms with Crippen LogP contribution in [0.4, 0.5) is 5.69 Å². The molecule has 0 aromatic heterocycles. The first-order chi connectivity index (χ1) is 9.22. The van der Waals surface area contributed by atoms with E-state index < -0.39 is 0 Å². The van der Waals surface area contributed by atoms with Crippen molar-refractivity contribution in [2.45, 2.75) is 0 Å². The second-order valence-electron chi connectivity index (χ2n) is 3.89. The van der Waals surface area contributed by atoms with E-state index in [-0.39, 0.29) is 0 Å². The van der Waals surface area contributed by atoms with Gasteiger partial charge in [-0.1, -0.05) is 0 Å². The molecule has 4 heteroatoms. The van der Waals surface area contributed by atoms with Crippen molar-refractivity contribution in [1.82, 2.24) is 0 Å². The molecule has 0 aliphatic carbocycles. The van der Waals surface area contributed by atoms with Crippen LogP contribution in [-0.2, 0) is 0 Å². The SMILES string of the molecule is COc1ccc(/[N+]([O-])=C/c2ccc(C#N)cc2)cc1. The van der Waals surface area contributed by atoms with Crippen molar-refractivity contribution in [3.63, 3.8) is 0 Å². The molecule has 2 aromatic carbocycles. The molecule has 2 aromatic rings. The van der Waals surface area contributed by atoms with Crippen molar-refractivity contribution in [1.29, 1.82) is 5.26 Å². The van der Waals surface area contributed by atoms with Gasteiger partial charge in [0.25, 0.3) is 0 Å². The monoisotopic (exact) mass is 252 g/mol. The van der Waals surface area contributed by atoms with Gasteiger partial charge in [-0.3, -0.25) is 0 Å². The summed E-state index contributed by atoms with van der Waals surface area (Å²) in [5, 5.41) is 20.6. The predicted molar refractivity (Wildman–Crippen MR) is 72.6 cm³/mol. The summed E-state index contributed by atoms with van der Waals surface area (Å²) >= 11 is 0. The van der Waals surface area contributed by atoms with Crippen LogP contribution in [0.5, 0.6) is 5.75 Å². The molecule has 0 bridgehead atoms. The van der Waals surface area contributed by atoms with E-state index >= 15 is 0 Å². The molecule has 4 nitrogen and oxygen atoms in total. The maximum absolute atomic E-state index is 11.9. The molecule has 0 fully saturated rings. The molecule has 0 aliphatic heterocycles. The highest BCUT2D eigenvalue weighted by Crippen LogP contribution is 2.17. The smallest absolute Gasteiger partial charge is 0.216 e. The molecule has 0 radical (unpaired) electrons. The largest absolute Gasteiger partial charge is 0.618 e. The van der Waals surface area contributed by atoms with Gasteiger partial charge in [-0.05, 0) is 36.4 Å². The minimum Gasteiger partial charge on any atom is -0.618 e. The fourth-order valence-electron chi connectivity index (χ4n) is 1.58. The third-order valence-electron chi connectivity index (χ3n) is 2.63. The molecular weight excluding hydrogens is 240 g/mol. The number of rotatable bonds is 3. The lowest BCUT2D eigenvalue weighted by molar-refractivity contribution is -0.354. The molecule has 19 heavy (non-hydrogen) atoms. The summed E-state index contributed by atoms with van der Waals surface area (Å²) in [5.74, 6) is 0.704. The van der Waals surface area contributed by atoms with Crippen LogP contribution in [0, 0.1) is 16.5 Å². The van der Waals surface area contributed by atoms with Gasteiger partial charge < -0.3 is 9.94 Å². The normalized spacial score (nSPS) is 10.8. The van der Waals surface area contributed by atoms with Gasteiger partial charge in [0.1, 0.15) is 5.75 Å². The molecule has 2 rings (SSSR count). The number of hydrogen-bond acceptors (Lipinski definition) is 3. The summed E-state index contributed by atoms with van der Waals surface area (Å²) in [4.78, 5) is 0. The van der Waals surface area contributed by atoms with E-state index in [1.165, 1.54) is 6.21 Å². The summed E-state index contributed by atoms with van der Waals surface area (Å²) in [7, 11) is 1.58. The summed E-state index contributed by atoms with van der Waals surface area (Å²) in [5.41, 5.74) is 1.83. The van der Waals surface area contributed by atoms with Gasteiger partial charge in [0.2, 0.25) is 5.69 Å². The van der Waals surface area contributed by atoms with E-state index in [2.05, 4.69) is 0 Å². The number of benzene rings is 2. The van der Waals surface area contributed by atoms with E-state index in [4.69, 9.17) is 10.00 Å². The zero-order chi connectivity index (χ0) is 13.7. The quantitative estimate of drug-likeness (QED) is 0.365. The maximum Gasteiger partial charge on any atom is 0.216 e. The Balaban J connectivity index is 2.23. The molecule has 0 unspecified atom stereocenters. The van der Waals surface area contributed by atoms with E-state index in [1.807, 2.05) is 6.07 Å². The van der Waals surface area contributed by atoms with Crippen molar-refractivity contribution >= 4 is 11.9 Å². The van der Waals surface area contributed by atoms with Crippen molar-refractivity contribution in [3.05, 3.63) is 64.9 Å². The van der Waals surface area contributed by atoms with Gasteiger partial charge in [-0.25, -0.2) is 0 Å². The van der Waals surface area contributed by atoms with Crippen molar-refractivity contribution in [3.8, 4) is 11.8 Å². The topological polar surface area (TPSA) is 59.1 Å². The van der Waals surface area contributed by atoms with Gasteiger partial charge in [0, 0.05) is 17.7 Å². The zero-order valence-electron chi connectivity index (χ0n) is 10.4. The van der Waals surface area contributed by atoms with Crippen molar-refractivity contribution < 1.29 is 9.48 Å². The summed E-state index contributed by atoms with van der Waals surface area (Å²) in [6.07, 6.45) is 1.46. The number of nitrogens with zero attached hydrogens (tertiary/aromatic N) is 2. The molecule has 0 amide bonds. The fourth-order valence-corrected chi connectivity index (χ4v) is 1.58. The van der Waals surface area contributed by atoms with Crippen LogP contribution >= 0.6 is 0 Å². The highest BCUT2D eigenvalue weighted by atomic mass is 16.5. The Morgan fingerprint density at radius 3 is 2.26 bits per heavy atom. The summed E-state index contributed by atoms with van der Waals surface area (Å²) in [6.45, 7) is 0. The summed E-state index contributed by atoms with van der Waals surface area (Å²) in [6, 6.07) is 15.7. The van der Waals surface area contributed by atoms with Gasteiger partial charge in [0.15, 0.2) is 6.21 Å². The Labute approximate surface area is 111 Å². The molecule has 0 saturated carbocycles. The molecule has 0 heterocycles. The minimum atomic E-state index is 0.519. The van der Waals surface area contributed by atoms with E-state index in [0.29, 0.717) is 17.0 Å². The first kappa shape index (κ1) is 12.7. The van der Waals surface area contributed by atoms with E-state index in [1.54, 1.807) is 55.6 Å². The van der Waals surface area contributed by atoms with Crippen molar-refractivity contribution in [2.75, 3.05) is 7.11 Å². The Hall–Kier alpha value is -2.80. The van der Waals surface area contributed by atoms with Crippen LogP contribution in [-0.4, -0.2) is 18.1 Å². The molecule has 0 saturated heterocycles. The molecule has 0 aliphatic rings. The highest BCUT2D eigenvalue weighted by Gasteiger charge is 2.02. The van der Waals surface area contributed by atoms with Gasteiger partial charge in [-0.15, -0.1) is 0 Å².